The molecule has 0 fully saturated rings. The van der Waals surface area contributed by atoms with Crippen molar-refractivity contribution in [2.45, 2.75) is 26.9 Å². The summed E-state index contributed by atoms with van der Waals surface area (Å²) in [6.45, 7) is 6.03. The minimum absolute atomic E-state index is 0.449. The first kappa shape index (κ1) is 12.5. The Balaban J connectivity index is 3.35. The van der Waals surface area contributed by atoms with Gasteiger partial charge in [0, 0.05) is 5.33 Å². The van der Waals surface area contributed by atoms with Crippen LogP contribution in [0.4, 0.5) is 0 Å². The molecule has 1 atom stereocenters. The van der Waals surface area contributed by atoms with Gasteiger partial charge in [-0.25, -0.2) is 0 Å². The lowest BCUT2D eigenvalue weighted by Gasteiger charge is -2.18. The van der Waals surface area contributed by atoms with Crippen LogP contribution >= 0.6 is 15.9 Å². The van der Waals surface area contributed by atoms with Crippen LogP contribution in [-0.2, 0) is 0 Å². The Hall–Kier alpha value is -0.540. The van der Waals surface area contributed by atoms with Crippen LogP contribution in [-0.4, -0.2) is 17.5 Å². The van der Waals surface area contributed by atoms with E-state index >= 15 is 0 Å². The molecule has 0 radical (unpaired) electrons. The maximum Gasteiger partial charge on any atom is 0.122 e. The first-order chi connectivity index (χ1) is 7.02. The summed E-state index contributed by atoms with van der Waals surface area (Å²) in [5.74, 6) is 0.885. The number of hydrogen-bond acceptors (Lipinski definition) is 2. The molecule has 0 aliphatic rings. The molecule has 0 bridgehead atoms. The van der Waals surface area contributed by atoms with Gasteiger partial charge in [0.25, 0.3) is 0 Å². The van der Waals surface area contributed by atoms with Gasteiger partial charge < -0.3 is 9.84 Å². The van der Waals surface area contributed by atoms with Crippen molar-refractivity contribution >= 4 is 15.9 Å². The fourth-order valence-corrected chi connectivity index (χ4v) is 2.19. The van der Waals surface area contributed by atoms with E-state index in [0.717, 1.165) is 28.0 Å². The zero-order valence-corrected chi connectivity index (χ0v) is 11.2. The zero-order valence-electron chi connectivity index (χ0n) is 9.60. The third-order valence-corrected chi connectivity index (χ3v) is 3.42. The molecule has 0 amide bonds. The molecule has 0 aliphatic carbocycles. The lowest BCUT2D eigenvalue weighted by molar-refractivity contribution is 0.203. The Morgan fingerprint density at radius 1 is 1.33 bits per heavy atom. The largest absolute Gasteiger partial charge is 0.496 e. The van der Waals surface area contributed by atoms with E-state index in [2.05, 4.69) is 15.9 Å². The van der Waals surface area contributed by atoms with E-state index in [1.807, 2.05) is 26.8 Å². The number of aliphatic hydroxyl groups excluding tert-OH is 1. The lowest BCUT2D eigenvalue weighted by Crippen LogP contribution is -2.06. The molecular weight excluding hydrogens is 256 g/mol. The normalized spacial score (nSPS) is 12.7. The van der Waals surface area contributed by atoms with Crippen LogP contribution in [0.1, 0.15) is 28.4 Å². The van der Waals surface area contributed by atoms with Crippen molar-refractivity contribution in [3.05, 3.63) is 28.3 Å². The van der Waals surface area contributed by atoms with Crippen molar-refractivity contribution in [1.82, 2.24) is 0 Å². The van der Waals surface area contributed by atoms with Gasteiger partial charge in [0.1, 0.15) is 5.75 Å². The number of ether oxygens (including phenoxy) is 1. The maximum atomic E-state index is 9.89. The number of aryl methyl sites for hydroxylation is 1. The first-order valence-electron chi connectivity index (χ1n) is 4.91. The summed E-state index contributed by atoms with van der Waals surface area (Å²) in [7, 11) is 1.67. The fourth-order valence-electron chi connectivity index (χ4n) is 1.87. The molecule has 0 aliphatic heterocycles. The molecule has 84 valence electrons. The van der Waals surface area contributed by atoms with E-state index in [4.69, 9.17) is 4.74 Å². The lowest BCUT2D eigenvalue weighted by atomic mass is 9.94. The summed E-state index contributed by atoms with van der Waals surface area (Å²) >= 11 is 3.30. The average molecular weight is 273 g/mol. The van der Waals surface area contributed by atoms with Gasteiger partial charge in [-0.05, 0) is 49.1 Å². The Kier molecular flexibility index (Phi) is 4.17. The smallest absolute Gasteiger partial charge is 0.122 e. The second kappa shape index (κ2) is 4.99. The molecule has 0 aromatic heterocycles. The fraction of sp³-hybridized carbons (Fsp3) is 0.500. The third kappa shape index (κ3) is 2.34. The van der Waals surface area contributed by atoms with Gasteiger partial charge >= 0.3 is 0 Å². The number of benzene rings is 1. The van der Waals surface area contributed by atoms with Crippen LogP contribution in [0.5, 0.6) is 5.75 Å². The van der Waals surface area contributed by atoms with Gasteiger partial charge in [0.15, 0.2) is 0 Å². The van der Waals surface area contributed by atoms with Crippen LogP contribution in [0, 0.1) is 20.8 Å². The molecule has 2 nitrogen and oxygen atoms in total. The monoisotopic (exact) mass is 272 g/mol. The van der Waals surface area contributed by atoms with Crippen LogP contribution in [0.2, 0.25) is 0 Å². The van der Waals surface area contributed by atoms with Gasteiger partial charge in [-0.3, -0.25) is 0 Å². The molecule has 0 saturated carbocycles. The molecule has 1 aromatic rings. The van der Waals surface area contributed by atoms with Gasteiger partial charge in [-0.1, -0.05) is 15.9 Å². The SMILES string of the molecule is COc1cc(C)c(C(O)CBr)c(C)c1C. The first-order valence-corrected chi connectivity index (χ1v) is 6.03. The highest BCUT2D eigenvalue weighted by molar-refractivity contribution is 9.09. The highest BCUT2D eigenvalue weighted by Gasteiger charge is 2.16. The van der Waals surface area contributed by atoms with Crippen LogP contribution in [0.15, 0.2) is 6.07 Å². The van der Waals surface area contributed by atoms with E-state index in [-0.39, 0.29) is 0 Å². The van der Waals surface area contributed by atoms with Crippen molar-refractivity contribution in [2.75, 3.05) is 12.4 Å². The highest BCUT2D eigenvalue weighted by Crippen LogP contribution is 2.31. The minimum Gasteiger partial charge on any atom is -0.496 e. The highest BCUT2D eigenvalue weighted by atomic mass is 79.9. The van der Waals surface area contributed by atoms with Crippen LogP contribution in [0.3, 0.4) is 0 Å². The predicted molar refractivity (Wildman–Crippen MR) is 66.0 cm³/mol. The standard InChI is InChI=1S/C12H17BrO2/c1-7-5-11(15-4)8(2)9(3)12(7)10(14)6-13/h5,10,14H,6H2,1-4H3. The van der Waals surface area contributed by atoms with E-state index in [1.165, 1.54) is 0 Å². The molecule has 3 heteroatoms. The Labute approximate surface area is 99.4 Å². The molecule has 1 aromatic carbocycles. The molecule has 1 N–H and O–H groups in total. The van der Waals surface area contributed by atoms with Crippen molar-refractivity contribution in [1.29, 1.82) is 0 Å². The number of aliphatic hydroxyl groups is 1. The molecule has 1 rings (SSSR count). The van der Waals surface area contributed by atoms with Crippen molar-refractivity contribution in [3.63, 3.8) is 0 Å². The maximum absolute atomic E-state index is 9.89. The molecular formula is C12H17BrO2. The molecule has 0 saturated heterocycles. The summed E-state index contributed by atoms with van der Waals surface area (Å²) in [4.78, 5) is 0. The minimum atomic E-state index is -0.449. The summed E-state index contributed by atoms with van der Waals surface area (Å²) < 4.78 is 5.28. The van der Waals surface area contributed by atoms with E-state index in [1.54, 1.807) is 7.11 Å². The summed E-state index contributed by atoms with van der Waals surface area (Å²) in [6.07, 6.45) is -0.449. The number of methoxy groups -OCH3 is 1. The quantitative estimate of drug-likeness (QED) is 0.858. The number of rotatable bonds is 3. The van der Waals surface area contributed by atoms with Crippen molar-refractivity contribution in [3.8, 4) is 5.75 Å². The van der Waals surface area contributed by atoms with Gasteiger partial charge in [-0.2, -0.15) is 0 Å². The number of halogens is 1. The van der Waals surface area contributed by atoms with Crippen LogP contribution in [0.25, 0.3) is 0 Å². The topological polar surface area (TPSA) is 29.5 Å². The van der Waals surface area contributed by atoms with Crippen LogP contribution < -0.4 is 4.74 Å². The summed E-state index contributed by atoms with van der Waals surface area (Å²) in [5, 5.41) is 10.4. The summed E-state index contributed by atoms with van der Waals surface area (Å²) in [6, 6.07) is 1.98. The predicted octanol–water partition coefficient (Wildman–Crippen LogP) is 3.05. The van der Waals surface area contributed by atoms with E-state index in [0.29, 0.717) is 5.33 Å². The van der Waals surface area contributed by atoms with Crippen molar-refractivity contribution in [2.24, 2.45) is 0 Å². The van der Waals surface area contributed by atoms with Gasteiger partial charge in [0.2, 0.25) is 0 Å². The van der Waals surface area contributed by atoms with Gasteiger partial charge in [0.05, 0.1) is 13.2 Å². The van der Waals surface area contributed by atoms with E-state index in [9.17, 15) is 5.11 Å². The number of alkyl halides is 1. The summed E-state index contributed by atoms with van der Waals surface area (Å²) in [5.41, 5.74) is 4.28. The molecule has 1 unspecified atom stereocenters. The average Bonchev–Trinajstić information content (AvgIpc) is 2.23. The van der Waals surface area contributed by atoms with Gasteiger partial charge in [-0.15, -0.1) is 0 Å². The third-order valence-electron chi connectivity index (χ3n) is 2.81. The Bertz CT molecular complexity index is 361. The van der Waals surface area contributed by atoms with E-state index < -0.39 is 6.10 Å². The molecule has 0 spiro atoms. The molecule has 15 heavy (non-hydrogen) atoms. The number of hydrogen-bond donors (Lipinski definition) is 1. The Morgan fingerprint density at radius 2 is 1.93 bits per heavy atom. The molecule has 0 heterocycles. The zero-order chi connectivity index (χ0) is 11.6. The Morgan fingerprint density at radius 3 is 2.40 bits per heavy atom. The second-order valence-electron chi connectivity index (χ2n) is 3.73. The second-order valence-corrected chi connectivity index (χ2v) is 4.38. The van der Waals surface area contributed by atoms with Crippen molar-refractivity contribution < 1.29 is 9.84 Å².